The Labute approximate surface area is 140 Å². The lowest BCUT2D eigenvalue weighted by molar-refractivity contribution is 0.185. The third-order valence-electron chi connectivity index (χ3n) is 3.58. The van der Waals surface area contributed by atoms with E-state index < -0.39 is 0 Å². The van der Waals surface area contributed by atoms with Crippen molar-refractivity contribution in [2.45, 2.75) is 31.5 Å². The van der Waals surface area contributed by atoms with Gasteiger partial charge < -0.3 is 5.73 Å². The van der Waals surface area contributed by atoms with E-state index in [-0.39, 0.29) is 6.04 Å². The van der Waals surface area contributed by atoms with Crippen LogP contribution in [0.1, 0.15) is 29.3 Å². The number of nitrogens with two attached hydrogens (primary N) is 1. The number of hydrogen-bond acceptors (Lipinski definition) is 4. The second-order valence-corrected chi connectivity index (χ2v) is 8.38. The maximum Gasteiger partial charge on any atom is 0.107 e. The molecule has 1 fully saturated rings. The molecule has 0 radical (unpaired) electrons. The number of rotatable bonds is 6. The first kappa shape index (κ1) is 15.0. The fourth-order valence-corrected chi connectivity index (χ4v) is 4.97. The molecule has 0 amide bonds. The molecule has 2 aromatic heterocycles. The molecular weight excluding hydrogens is 376 g/mol. The monoisotopic (exact) mass is 390 g/mol. The minimum absolute atomic E-state index is 0.260. The minimum Gasteiger partial charge on any atom is -0.329 e. The molecule has 0 aromatic carbocycles. The van der Waals surface area contributed by atoms with E-state index in [1.165, 1.54) is 23.3 Å². The van der Waals surface area contributed by atoms with E-state index in [2.05, 4.69) is 43.7 Å². The highest BCUT2D eigenvalue weighted by molar-refractivity contribution is 9.10. The van der Waals surface area contributed by atoms with E-state index in [1.54, 1.807) is 22.7 Å². The van der Waals surface area contributed by atoms with Crippen molar-refractivity contribution in [2.24, 2.45) is 5.73 Å². The second-order valence-electron chi connectivity index (χ2n) is 5.06. The fraction of sp³-hybridized carbons (Fsp3) is 0.429. The molecule has 108 valence electrons. The van der Waals surface area contributed by atoms with Gasteiger partial charge in [0.15, 0.2) is 0 Å². The topological polar surface area (TPSA) is 29.3 Å². The summed E-state index contributed by atoms with van der Waals surface area (Å²) in [5.41, 5.74) is 7.45. The summed E-state index contributed by atoms with van der Waals surface area (Å²) in [6.45, 7) is 1.60. The van der Waals surface area contributed by atoms with Crippen LogP contribution in [0.3, 0.4) is 0 Å². The number of nitrogens with zero attached hydrogens (tertiary/aromatic N) is 1. The Morgan fingerprint density at radius 2 is 2.30 bits per heavy atom. The molecule has 0 saturated heterocycles. The summed E-state index contributed by atoms with van der Waals surface area (Å²) < 4.78 is 1.79. The van der Waals surface area contributed by atoms with Gasteiger partial charge >= 0.3 is 0 Å². The van der Waals surface area contributed by atoms with Crippen LogP contribution in [0.2, 0.25) is 4.34 Å². The number of thiophene rings is 2. The predicted molar refractivity (Wildman–Crippen MR) is 91.7 cm³/mol. The smallest absolute Gasteiger partial charge is 0.107 e. The Bertz CT molecular complexity index is 546. The highest BCUT2D eigenvalue weighted by atomic mass is 79.9. The lowest BCUT2D eigenvalue weighted by Gasteiger charge is -2.30. The molecule has 0 aliphatic heterocycles. The van der Waals surface area contributed by atoms with Gasteiger partial charge in [-0.15, -0.1) is 11.3 Å². The van der Waals surface area contributed by atoms with Crippen LogP contribution in [0.15, 0.2) is 27.4 Å². The van der Waals surface area contributed by atoms with Crippen molar-refractivity contribution in [1.82, 2.24) is 4.90 Å². The lowest BCUT2D eigenvalue weighted by Crippen LogP contribution is -2.34. The Morgan fingerprint density at radius 3 is 2.80 bits per heavy atom. The molecule has 20 heavy (non-hydrogen) atoms. The summed E-state index contributed by atoms with van der Waals surface area (Å²) >= 11 is 13.1. The summed E-state index contributed by atoms with van der Waals surface area (Å²) in [5, 5.41) is 4.36. The van der Waals surface area contributed by atoms with Gasteiger partial charge in [0.05, 0.1) is 6.04 Å². The Hall–Kier alpha value is 0.0900. The van der Waals surface area contributed by atoms with Crippen LogP contribution in [0.25, 0.3) is 0 Å². The van der Waals surface area contributed by atoms with Crippen molar-refractivity contribution >= 4 is 50.2 Å². The van der Waals surface area contributed by atoms with Gasteiger partial charge in [-0.1, -0.05) is 11.6 Å². The van der Waals surface area contributed by atoms with E-state index in [9.17, 15) is 0 Å². The van der Waals surface area contributed by atoms with Crippen LogP contribution in [0.5, 0.6) is 0 Å². The molecule has 6 heteroatoms. The first-order chi connectivity index (χ1) is 9.69. The van der Waals surface area contributed by atoms with Crippen molar-refractivity contribution < 1.29 is 0 Å². The highest BCUT2D eigenvalue weighted by Gasteiger charge is 2.35. The van der Waals surface area contributed by atoms with Crippen LogP contribution in [-0.4, -0.2) is 17.5 Å². The summed E-state index contributed by atoms with van der Waals surface area (Å²) in [6, 6.07) is 5.25. The fourth-order valence-electron chi connectivity index (χ4n) is 2.44. The van der Waals surface area contributed by atoms with Gasteiger partial charge in [-0.3, -0.25) is 4.90 Å². The minimum atomic E-state index is 0.260. The SMILES string of the molecule is NCC(c1cc(Br)c(Cl)s1)N(Cc1ccsc1)C1CC1. The quantitative estimate of drug-likeness (QED) is 0.759. The van der Waals surface area contributed by atoms with E-state index >= 15 is 0 Å². The average molecular weight is 392 g/mol. The van der Waals surface area contributed by atoms with Crippen LogP contribution in [0.4, 0.5) is 0 Å². The van der Waals surface area contributed by atoms with E-state index in [4.69, 9.17) is 17.3 Å². The van der Waals surface area contributed by atoms with Gasteiger partial charge in [-0.25, -0.2) is 0 Å². The molecule has 3 rings (SSSR count). The van der Waals surface area contributed by atoms with Gasteiger partial charge in [-0.05, 0) is 57.2 Å². The Kier molecular flexibility index (Phi) is 4.85. The summed E-state index contributed by atoms with van der Waals surface area (Å²) in [6.07, 6.45) is 2.56. The largest absolute Gasteiger partial charge is 0.329 e. The molecule has 1 aliphatic carbocycles. The zero-order valence-electron chi connectivity index (χ0n) is 10.9. The zero-order chi connectivity index (χ0) is 14.1. The molecule has 2 heterocycles. The molecule has 0 spiro atoms. The standard InChI is InChI=1S/C14H16BrClN2S2/c15-11-5-13(20-14(11)16)12(6-17)18(10-1-2-10)7-9-3-4-19-8-9/h3-5,8,10,12H,1-2,6-7,17H2. The second kappa shape index (κ2) is 6.46. The molecule has 0 bridgehead atoms. The van der Waals surface area contributed by atoms with Gasteiger partial charge in [0.25, 0.3) is 0 Å². The normalized spacial score (nSPS) is 16.8. The van der Waals surface area contributed by atoms with Crippen molar-refractivity contribution in [3.05, 3.63) is 42.1 Å². The molecule has 1 unspecified atom stereocenters. The Balaban J connectivity index is 1.84. The van der Waals surface area contributed by atoms with E-state index in [1.807, 2.05) is 0 Å². The summed E-state index contributed by atoms with van der Waals surface area (Å²) in [5.74, 6) is 0. The van der Waals surface area contributed by atoms with Crippen LogP contribution < -0.4 is 5.73 Å². The van der Waals surface area contributed by atoms with Crippen LogP contribution in [-0.2, 0) is 6.54 Å². The molecule has 1 atom stereocenters. The molecular formula is C14H16BrClN2S2. The van der Waals surface area contributed by atoms with Crippen molar-refractivity contribution in [3.8, 4) is 0 Å². The van der Waals surface area contributed by atoms with Crippen LogP contribution in [0, 0.1) is 0 Å². The third kappa shape index (κ3) is 3.29. The third-order valence-corrected chi connectivity index (χ3v) is 6.89. The number of hydrogen-bond donors (Lipinski definition) is 1. The lowest BCUT2D eigenvalue weighted by atomic mass is 10.1. The van der Waals surface area contributed by atoms with Gasteiger partial charge in [-0.2, -0.15) is 11.3 Å². The molecule has 1 aliphatic rings. The maximum absolute atomic E-state index is 6.19. The van der Waals surface area contributed by atoms with Gasteiger partial charge in [0.1, 0.15) is 4.34 Å². The summed E-state index contributed by atoms with van der Waals surface area (Å²) in [7, 11) is 0. The molecule has 2 N–H and O–H groups in total. The van der Waals surface area contributed by atoms with Crippen LogP contribution >= 0.6 is 50.2 Å². The Morgan fingerprint density at radius 1 is 1.50 bits per heavy atom. The average Bonchev–Trinajstić information content (AvgIpc) is 3.05. The first-order valence-electron chi connectivity index (χ1n) is 6.60. The van der Waals surface area contributed by atoms with E-state index in [0.29, 0.717) is 12.6 Å². The molecule has 2 aromatic rings. The van der Waals surface area contributed by atoms with Crippen molar-refractivity contribution in [3.63, 3.8) is 0 Å². The molecule has 1 saturated carbocycles. The number of halogens is 2. The van der Waals surface area contributed by atoms with Crippen molar-refractivity contribution in [2.75, 3.05) is 6.54 Å². The van der Waals surface area contributed by atoms with Crippen molar-refractivity contribution in [1.29, 1.82) is 0 Å². The van der Waals surface area contributed by atoms with Gasteiger partial charge in [0.2, 0.25) is 0 Å². The molecule has 2 nitrogen and oxygen atoms in total. The zero-order valence-corrected chi connectivity index (χ0v) is 14.9. The summed E-state index contributed by atoms with van der Waals surface area (Å²) in [4.78, 5) is 3.79. The first-order valence-corrected chi connectivity index (χ1v) is 9.53. The predicted octanol–water partition coefficient (Wildman–Crippen LogP) is 4.89. The van der Waals surface area contributed by atoms with E-state index in [0.717, 1.165) is 15.4 Å². The maximum atomic E-state index is 6.19. The van der Waals surface area contributed by atoms with Gasteiger partial charge in [0, 0.05) is 28.5 Å². The highest BCUT2D eigenvalue weighted by Crippen LogP contribution is 2.41.